The van der Waals surface area contributed by atoms with E-state index < -0.39 is 0 Å². The van der Waals surface area contributed by atoms with Crippen LogP contribution in [0.5, 0.6) is 0 Å². The van der Waals surface area contributed by atoms with Gasteiger partial charge in [-0.3, -0.25) is 4.79 Å². The molecule has 0 saturated carbocycles. The second-order valence-corrected chi connectivity index (χ2v) is 5.31. The van der Waals surface area contributed by atoms with Crippen LogP contribution in [0.3, 0.4) is 0 Å². The van der Waals surface area contributed by atoms with E-state index >= 15 is 0 Å². The zero-order chi connectivity index (χ0) is 10.8. The van der Waals surface area contributed by atoms with Crippen LogP contribution in [0, 0.1) is 11.8 Å². The number of hydrogen-bond acceptors (Lipinski definition) is 1. The summed E-state index contributed by atoms with van der Waals surface area (Å²) in [6, 6.07) is 0. The van der Waals surface area contributed by atoms with Gasteiger partial charge >= 0.3 is 0 Å². The van der Waals surface area contributed by atoms with Gasteiger partial charge < -0.3 is 5.32 Å². The molecule has 1 amide bonds. The van der Waals surface area contributed by atoms with Crippen LogP contribution < -0.4 is 5.32 Å². The van der Waals surface area contributed by atoms with E-state index in [2.05, 4.69) is 33.0 Å². The molecule has 1 rings (SSSR count). The molecule has 2 nitrogen and oxygen atoms in total. The quantitative estimate of drug-likeness (QED) is 0.740. The van der Waals surface area contributed by atoms with Crippen molar-refractivity contribution in [2.24, 2.45) is 11.8 Å². The maximum atomic E-state index is 11.5. The van der Waals surface area contributed by atoms with Crippen molar-refractivity contribution in [1.82, 2.24) is 5.32 Å². The second-order valence-electron chi connectivity index (χ2n) is 5.31. The van der Waals surface area contributed by atoms with Crippen LogP contribution in [0.15, 0.2) is 0 Å². The topological polar surface area (TPSA) is 29.1 Å². The van der Waals surface area contributed by atoms with Crippen molar-refractivity contribution in [3.8, 4) is 0 Å². The largest absolute Gasteiger partial charge is 0.350 e. The molecule has 1 aliphatic heterocycles. The molecule has 1 N–H and O–H groups in total. The van der Waals surface area contributed by atoms with Gasteiger partial charge in [-0.15, -0.1) is 0 Å². The minimum absolute atomic E-state index is 0.0729. The third-order valence-corrected chi connectivity index (χ3v) is 3.29. The number of nitrogens with one attached hydrogen (secondary N) is 1. The standard InChI is InChI=1S/C12H23NO/c1-9(2)8-12(10(3)4)7-5-6-11(14)13-12/h9-10H,5-8H2,1-4H3,(H,13,14). The highest BCUT2D eigenvalue weighted by Crippen LogP contribution is 2.33. The van der Waals surface area contributed by atoms with Crippen molar-refractivity contribution >= 4 is 5.91 Å². The summed E-state index contributed by atoms with van der Waals surface area (Å²) >= 11 is 0. The molecule has 1 aliphatic rings. The Morgan fingerprint density at radius 1 is 1.36 bits per heavy atom. The highest BCUT2D eigenvalue weighted by atomic mass is 16.1. The molecule has 1 heterocycles. The average molecular weight is 197 g/mol. The molecule has 82 valence electrons. The van der Waals surface area contributed by atoms with Crippen LogP contribution in [-0.2, 0) is 4.79 Å². The van der Waals surface area contributed by atoms with Gasteiger partial charge in [0.25, 0.3) is 0 Å². The lowest BCUT2D eigenvalue weighted by atomic mass is 9.74. The molecule has 1 unspecified atom stereocenters. The summed E-state index contributed by atoms with van der Waals surface area (Å²) in [4.78, 5) is 11.5. The van der Waals surface area contributed by atoms with Gasteiger partial charge in [0.1, 0.15) is 0 Å². The molecule has 0 radical (unpaired) electrons. The number of carbonyl (C=O) groups is 1. The van der Waals surface area contributed by atoms with E-state index in [1.54, 1.807) is 0 Å². The van der Waals surface area contributed by atoms with Crippen molar-refractivity contribution < 1.29 is 4.79 Å². The van der Waals surface area contributed by atoms with E-state index in [0.717, 1.165) is 19.3 Å². The Morgan fingerprint density at radius 2 is 2.00 bits per heavy atom. The zero-order valence-corrected chi connectivity index (χ0v) is 9.89. The molecule has 1 saturated heterocycles. The molecule has 2 heteroatoms. The lowest BCUT2D eigenvalue weighted by molar-refractivity contribution is -0.126. The molecular weight excluding hydrogens is 174 g/mol. The first kappa shape index (κ1) is 11.5. The Morgan fingerprint density at radius 3 is 2.43 bits per heavy atom. The molecule has 0 aliphatic carbocycles. The summed E-state index contributed by atoms with van der Waals surface area (Å²) in [6.07, 6.45) is 4.02. The monoisotopic (exact) mass is 197 g/mol. The molecule has 1 fully saturated rings. The first-order valence-corrected chi connectivity index (χ1v) is 5.77. The molecule has 0 aromatic carbocycles. The van der Waals surface area contributed by atoms with E-state index in [4.69, 9.17) is 0 Å². The van der Waals surface area contributed by atoms with Crippen molar-refractivity contribution in [2.75, 3.05) is 0 Å². The van der Waals surface area contributed by atoms with Gasteiger partial charge in [0.2, 0.25) is 5.91 Å². The highest BCUT2D eigenvalue weighted by molar-refractivity contribution is 5.77. The van der Waals surface area contributed by atoms with Crippen LogP contribution in [-0.4, -0.2) is 11.4 Å². The van der Waals surface area contributed by atoms with Crippen molar-refractivity contribution in [3.63, 3.8) is 0 Å². The molecule has 1 atom stereocenters. The van der Waals surface area contributed by atoms with E-state index in [1.807, 2.05) is 0 Å². The van der Waals surface area contributed by atoms with Gasteiger partial charge in [0, 0.05) is 12.0 Å². The maximum Gasteiger partial charge on any atom is 0.220 e. The van der Waals surface area contributed by atoms with Crippen molar-refractivity contribution in [3.05, 3.63) is 0 Å². The first-order chi connectivity index (χ1) is 6.46. The summed E-state index contributed by atoms with van der Waals surface area (Å²) in [5.41, 5.74) is 0.0729. The van der Waals surface area contributed by atoms with Crippen LogP contribution >= 0.6 is 0 Å². The average Bonchev–Trinajstić information content (AvgIpc) is 2.02. The van der Waals surface area contributed by atoms with E-state index in [0.29, 0.717) is 18.3 Å². The third-order valence-electron chi connectivity index (χ3n) is 3.29. The predicted molar refractivity (Wildman–Crippen MR) is 59.0 cm³/mol. The van der Waals surface area contributed by atoms with Crippen molar-refractivity contribution in [1.29, 1.82) is 0 Å². The second kappa shape index (κ2) is 4.33. The molecule has 0 spiro atoms. The van der Waals surface area contributed by atoms with Crippen molar-refractivity contribution in [2.45, 2.75) is 58.9 Å². The van der Waals surface area contributed by atoms with Crippen LogP contribution in [0.2, 0.25) is 0 Å². The van der Waals surface area contributed by atoms with Gasteiger partial charge in [-0.1, -0.05) is 27.7 Å². The Balaban J connectivity index is 2.74. The molecule has 0 bridgehead atoms. The molecule has 14 heavy (non-hydrogen) atoms. The SMILES string of the molecule is CC(C)CC1(C(C)C)CCCC(=O)N1. The summed E-state index contributed by atoms with van der Waals surface area (Å²) in [5.74, 6) is 1.43. The number of hydrogen-bond donors (Lipinski definition) is 1. The van der Waals surface area contributed by atoms with E-state index in [-0.39, 0.29) is 11.4 Å². The lowest BCUT2D eigenvalue weighted by Gasteiger charge is -2.43. The summed E-state index contributed by atoms with van der Waals surface area (Å²) in [6.45, 7) is 8.89. The molecule has 0 aromatic rings. The Kier molecular flexibility index (Phi) is 3.57. The minimum Gasteiger partial charge on any atom is -0.350 e. The molecular formula is C12H23NO. The van der Waals surface area contributed by atoms with Gasteiger partial charge in [0.05, 0.1) is 0 Å². The number of amides is 1. The normalized spacial score (nSPS) is 28.3. The fourth-order valence-electron chi connectivity index (χ4n) is 2.52. The minimum atomic E-state index is 0.0729. The van der Waals surface area contributed by atoms with Gasteiger partial charge in [0.15, 0.2) is 0 Å². The lowest BCUT2D eigenvalue weighted by Crippen LogP contribution is -2.55. The van der Waals surface area contributed by atoms with Crippen LogP contribution in [0.25, 0.3) is 0 Å². The van der Waals surface area contributed by atoms with E-state index in [1.165, 1.54) is 0 Å². The smallest absolute Gasteiger partial charge is 0.220 e. The van der Waals surface area contributed by atoms with Gasteiger partial charge in [-0.05, 0) is 31.1 Å². The number of carbonyl (C=O) groups excluding carboxylic acids is 1. The Labute approximate surface area is 87.5 Å². The maximum absolute atomic E-state index is 11.5. The Hall–Kier alpha value is -0.530. The fourth-order valence-corrected chi connectivity index (χ4v) is 2.52. The van der Waals surface area contributed by atoms with Gasteiger partial charge in [-0.2, -0.15) is 0 Å². The first-order valence-electron chi connectivity index (χ1n) is 5.77. The van der Waals surface area contributed by atoms with Crippen LogP contribution in [0.4, 0.5) is 0 Å². The number of rotatable bonds is 3. The number of piperidine rings is 1. The van der Waals surface area contributed by atoms with Crippen LogP contribution in [0.1, 0.15) is 53.4 Å². The summed E-state index contributed by atoms with van der Waals surface area (Å²) in [5, 5.41) is 3.22. The predicted octanol–water partition coefficient (Wildman–Crippen LogP) is 2.73. The van der Waals surface area contributed by atoms with Gasteiger partial charge in [-0.25, -0.2) is 0 Å². The fraction of sp³-hybridized carbons (Fsp3) is 0.917. The summed E-state index contributed by atoms with van der Waals surface area (Å²) < 4.78 is 0. The zero-order valence-electron chi connectivity index (χ0n) is 9.89. The third kappa shape index (κ3) is 2.49. The summed E-state index contributed by atoms with van der Waals surface area (Å²) in [7, 11) is 0. The highest BCUT2D eigenvalue weighted by Gasteiger charge is 2.37. The Bertz CT molecular complexity index is 210. The van der Waals surface area contributed by atoms with E-state index in [9.17, 15) is 4.79 Å². The molecule has 0 aromatic heterocycles.